The van der Waals surface area contributed by atoms with Gasteiger partial charge in [-0.15, -0.1) is 11.8 Å². The van der Waals surface area contributed by atoms with Gasteiger partial charge in [-0.2, -0.15) is 0 Å². The van der Waals surface area contributed by atoms with Gasteiger partial charge in [0.25, 0.3) is 0 Å². The molecule has 0 aliphatic carbocycles. The number of fused-ring (bicyclic) bond motifs is 4. The molecule has 0 saturated carbocycles. The van der Waals surface area contributed by atoms with E-state index in [1.54, 1.807) is 0 Å². The maximum Gasteiger partial charge on any atom is 0.250 e. The number of Topliss-reactive ketones (excluding diaryl/α,β-unsaturated/α-hetero) is 1. The van der Waals surface area contributed by atoms with Gasteiger partial charge in [0.2, 0.25) is 5.91 Å². The first-order valence-corrected chi connectivity index (χ1v) is 12.2. The summed E-state index contributed by atoms with van der Waals surface area (Å²) in [5.41, 5.74) is 3.67. The van der Waals surface area contributed by atoms with Gasteiger partial charge in [0.15, 0.2) is 5.78 Å². The van der Waals surface area contributed by atoms with E-state index >= 15 is 0 Å². The summed E-state index contributed by atoms with van der Waals surface area (Å²) >= 11 is 1.85. The summed E-state index contributed by atoms with van der Waals surface area (Å²) in [6.07, 6.45) is 0. The number of rotatable bonds is 3. The second-order valence-corrected chi connectivity index (χ2v) is 9.95. The zero-order valence-electron chi connectivity index (χ0n) is 17.8. The molecule has 4 nitrogen and oxygen atoms in total. The van der Waals surface area contributed by atoms with Gasteiger partial charge in [-0.05, 0) is 18.6 Å². The van der Waals surface area contributed by atoms with Gasteiger partial charge in [0.05, 0.1) is 5.92 Å². The fourth-order valence-electron chi connectivity index (χ4n) is 6.02. The molecule has 3 aromatic carbocycles. The number of carbonyl (C=O) groups is 2. The van der Waals surface area contributed by atoms with Crippen LogP contribution >= 0.6 is 11.8 Å². The predicted octanol–water partition coefficient (Wildman–Crippen LogP) is 4.81. The minimum Gasteiger partial charge on any atom is -0.324 e. The first-order chi connectivity index (χ1) is 15.6. The fraction of sp³-hybridized carbons (Fsp3) is 0.259. The van der Waals surface area contributed by atoms with Crippen LogP contribution in [0.2, 0.25) is 0 Å². The van der Waals surface area contributed by atoms with Crippen molar-refractivity contribution in [2.24, 2.45) is 5.92 Å². The number of ketones is 1. The van der Waals surface area contributed by atoms with Gasteiger partial charge < -0.3 is 5.32 Å². The molecule has 32 heavy (non-hydrogen) atoms. The molecule has 2 fully saturated rings. The standard InChI is InChI=1S/C27H24N2O2S/c1-17-12-13-21-20(14-17)27(26(31)28-21)24(25(30)19-10-6-3-7-11-19)23(18-8-4-2-5-9-18)22-15-32-16-29(22)27/h2-14,22-24H,15-16H2,1H3,(H,28,31)/t22-,23+,24-,27-/m1/s1. The molecule has 2 saturated heterocycles. The van der Waals surface area contributed by atoms with Crippen molar-refractivity contribution < 1.29 is 9.59 Å². The van der Waals surface area contributed by atoms with Gasteiger partial charge >= 0.3 is 0 Å². The molecule has 3 heterocycles. The summed E-state index contributed by atoms with van der Waals surface area (Å²) in [5.74, 6) is 1.07. The molecular weight excluding hydrogens is 416 g/mol. The maximum atomic E-state index is 14.2. The van der Waals surface area contributed by atoms with Crippen molar-refractivity contribution in [1.82, 2.24) is 4.90 Å². The molecule has 1 amide bonds. The molecule has 3 aliphatic heterocycles. The van der Waals surface area contributed by atoms with Gasteiger partial charge in [-0.25, -0.2) is 0 Å². The molecular formula is C27H24N2O2S. The van der Waals surface area contributed by atoms with Gasteiger partial charge in [0, 0.05) is 40.4 Å². The van der Waals surface area contributed by atoms with Crippen LogP contribution in [0.15, 0.2) is 78.9 Å². The normalized spacial score (nSPS) is 28.5. The van der Waals surface area contributed by atoms with Crippen molar-refractivity contribution >= 4 is 29.1 Å². The summed E-state index contributed by atoms with van der Waals surface area (Å²) < 4.78 is 0. The molecule has 0 bridgehead atoms. The number of thioether (sulfide) groups is 1. The zero-order valence-corrected chi connectivity index (χ0v) is 18.6. The number of nitrogens with zero attached hydrogens (tertiary/aromatic N) is 1. The lowest BCUT2D eigenvalue weighted by Gasteiger charge is -2.36. The predicted molar refractivity (Wildman–Crippen MR) is 128 cm³/mol. The van der Waals surface area contributed by atoms with Crippen molar-refractivity contribution in [2.75, 3.05) is 16.9 Å². The van der Waals surface area contributed by atoms with E-state index in [1.165, 1.54) is 0 Å². The number of carbonyl (C=O) groups excluding carboxylic acids is 2. The molecule has 3 aromatic rings. The van der Waals surface area contributed by atoms with E-state index < -0.39 is 11.5 Å². The highest BCUT2D eigenvalue weighted by atomic mass is 32.2. The van der Waals surface area contributed by atoms with E-state index in [4.69, 9.17) is 0 Å². The van der Waals surface area contributed by atoms with E-state index in [0.29, 0.717) is 5.56 Å². The van der Waals surface area contributed by atoms with Crippen LogP contribution in [0.4, 0.5) is 5.69 Å². The summed E-state index contributed by atoms with van der Waals surface area (Å²) in [5, 5.41) is 3.14. The van der Waals surface area contributed by atoms with E-state index in [9.17, 15) is 9.59 Å². The Kier molecular flexibility index (Phi) is 4.52. The summed E-state index contributed by atoms with van der Waals surface area (Å²) in [7, 11) is 0. The van der Waals surface area contributed by atoms with Crippen LogP contribution < -0.4 is 5.32 Å². The largest absolute Gasteiger partial charge is 0.324 e. The van der Waals surface area contributed by atoms with Crippen molar-refractivity contribution in [2.45, 2.75) is 24.4 Å². The third kappa shape index (κ3) is 2.61. The Morgan fingerprint density at radius 2 is 1.75 bits per heavy atom. The zero-order chi connectivity index (χ0) is 21.9. The van der Waals surface area contributed by atoms with Crippen LogP contribution in [-0.4, -0.2) is 34.3 Å². The van der Waals surface area contributed by atoms with E-state index in [-0.39, 0.29) is 23.7 Å². The number of aryl methyl sites for hydroxylation is 1. The average molecular weight is 441 g/mol. The van der Waals surface area contributed by atoms with Crippen LogP contribution in [-0.2, 0) is 10.3 Å². The Morgan fingerprint density at radius 1 is 1.03 bits per heavy atom. The molecule has 160 valence electrons. The van der Waals surface area contributed by atoms with E-state index in [1.807, 2.05) is 79.3 Å². The Labute approximate surface area is 192 Å². The van der Waals surface area contributed by atoms with Crippen molar-refractivity contribution in [1.29, 1.82) is 0 Å². The minimum atomic E-state index is -0.997. The average Bonchev–Trinajstić information content (AvgIpc) is 3.48. The fourth-order valence-corrected chi connectivity index (χ4v) is 7.35. The number of hydrogen-bond donors (Lipinski definition) is 1. The highest BCUT2D eigenvalue weighted by molar-refractivity contribution is 7.99. The number of amides is 1. The first-order valence-electron chi connectivity index (χ1n) is 11.0. The number of benzene rings is 3. The number of nitrogens with one attached hydrogen (secondary N) is 1. The molecule has 1 N–H and O–H groups in total. The molecule has 4 atom stereocenters. The smallest absolute Gasteiger partial charge is 0.250 e. The van der Waals surface area contributed by atoms with Gasteiger partial charge in [-0.3, -0.25) is 14.5 Å². The number of hydrogen-bond acceptors (Lipinski definition) is 4. The Hall–Kier alpha value is -2.89. The van der Waals surface area contributed by atoms with Crippen LogP contribution in [0.5, 0.6) is 0 Å². The van der Waals surface area contributed by atoms with Gasteiger partial charge in [0.1, 0.15) is 5.54 Å². The summed E-state index contributed by atoms with van der Waals surface area (Å²) in [4.78, 5) is 30.5. The van der Waals surface area contributed by atoms with Crippen molar-refractivity contribution in [3.8, 4) is 0 Å². The summed E-state index contributed by atoms with van der Waals surface area (Å²) in [6.45, 7) is 2.05. The van der Waals surface area contributed by atoms with E-state index in [0.717, 1.165) is 34.0 Å². The van der Waals surface area contributed by atoms with Crippen molar-refractivity contribution in [3.63, 3.8) is 0 Å². The topological polar surface area (TPSA) is 49.4 Å². The Bertz CT molecular complexity index is 1210. The molecule has 0 aromatic heterocycles. The highest BCUT2D eigenvalue weighted by Crippen LogP contribution is 2.61. The van der Waals surface area contributed by atoms with Gasteiger partial charge in [-0.1, -0.05) is 78.4 Å². The third-order valence-corrected chi connectivity index (χ3v) is 8.34. The monoisotopic (exact) mass is 440 g/mol. The SMILES string of the molecule is Cc1ccc2c(c1)[C@]1(C(=O)N2)[C@@H](C(=O)c2ccccc2)[C@@H](c2ccccc2)[C@H]2CSCN21. The van der Waals surface area contributed by atoms with Crippen LogP contribution in [0.1, 0.15) is 33.0 Å². The second kappa shape index (κ2) is 7.32. The molecule has 1 spiro atoms. The second-order valence-electron chi connectivity index (χ2n) is 8.95. The highest BCUT2D eigenvalue weighted by Gasteiger charge is 2.69. The molecule has 0 radical (unpaired) electrons. The molecule has 0 unspecified atom stereocenters. The third-order valence-electron chi connectivity index (χ3n) is 7.30. The van der Waals surface area contributed by atoms with E-state index in [2.05, 4.69) is 28.4 Å². The Balaban J connectivity index is 1.63. The van der Waals surface area contributed by atoms with Crippen LogP contribution in [0.3, 0.4) is 0 Å². The summed E-state index contributed by atoms with van der Waals surface area (Å²) in [6, 6.07) is 26.0. The molecule has 6 rings (SSSR count). The first kappa shape index (κ1) is 19.8. The van der Waals surface area contributed by atoms with Crippen LogP contribution in [0, 0.1) is 12.8 Å². The minimum absolute atomic E-state index is 0.0448. The van der Waals surface area contributed by atoms with Crippen molar-refractivity contribution in [3.05, 3.63) is 101 Å². The molecule has 5 heteroatoms. The quantitative estimate of drug-likeness (QED) is 0.594. The maximum absolute atomic E-state index is 14.2. The molecule has 3 aliphatic rings. The van der Waals surface area contributed by atoms with Crippen LogP contribution in [0.25, 0.3) is 0 Å². The lowest BCUT2D eigenvalue weighted by molar-refractivity contribution is -0.127. The Morgan fingerprint density at radius 3 is 2.50 bits per heavy atom. The lowest BCUT2D eigenvalue weighted by atomic mass is 9.69. The number of anilines is 1. The lowest BCUT2D eigenvalue weighted by Crippen LogP contribution is -2.52.